The molecule has 6 heteroatoms. The molecule has 5 nitrogen and oxygen atoms in total. The van der Waals surface area contributed by atoms with Crippen LogP contribution in [0.25, 0.3) is 10.2 Å². The molecule has 2 rings (SSSR count). The van der Waals surface area contributed by atoms with Crippen molar-refractivity contribution in [3.05, 3.63) is 33.4 Å². The zero-order valence-corrected chi connectivity index (χ0v) is 9.54. The first-order chi connectivity index (χ1) is 8.06. The fraction of sp³-hybridized carbons (Fsp3) is 0.182. The lowest BCUT2D eigenvalue weighted by molar-refractivity contribution is -0.136. The summed E-state index contributed by atoms with van der Waals surface area (Å²) >= 11 is 1.03. The van der Waals surface area contributed by atoms with Gasteiger partial charge in [-0.25, -0.2) is 0 Å². The summed E-state index contributed by atoms with van der Waals surface area (Å²) < 4.78 is 0.705. The third-order valence-electron chi connectivity index (χ3n) is 2.31. The molecule has 2 aromatic rings. The lowest BCUT2D eigenvalue weighted by Crippen LogP contribution is -2.03. The van der Waals surface area contributed by atoms with E-state index in [2.05, 4.69) is 4.98 Å². The number of hydrogen-bond acceptors (Lipinski definition) is 4. The Morgan fingerprint density at radius 3 is 2.76 bits per heavy atom. The van der Waals surface area contributed by atoms with Gasteiger partial charge < -0.3 is 10.1 Å². The quantitative estimate of drug-likeness (QED) is 0.808. The smallest absolute Gasteiger partial charge is 0.305 e. The van der Waals surface area contributed by atoms with Crippen molar-refractivity contribution < 1.29 is 14.7 Å². The Hall–Kier alpha value is -1.95. The molecule has 0 saturated carbocycles. The van der Waals surface area contributed by atoms with Gasteiger partial charge in [-0.05, 0) is 18.2 Å². The van der Waals surface area contributed by atoms with Crippen molar-refractivity contribution in [2.45, 2.75) is 12.8 Å². The number of fused-ring (bicyclic) bond motifs is 1. The van der Waals surface area contributed by atoms with E-state index in [0.717, 1.165) is 11.3 Å². The summed E-state index contributed by atoms with van der Waals surface area (Å²) in [7, 11) is 0. The van der Waals surface area contributed by atoms with Crippen molar-refractivity contribution in [2.24, 2.45) is 0 Å². The molecular formula is C11H9NO4S. The maximum atomic E-state index is 11.7. The standard InChI is InChI=1S/C11H9NO4S/c13-8(3-4-10(14)15)6-1-2-7-9(5-6)17-11(16)12-7/h1-2,5H,3-4H2,(H,12,16)(H,14,15). The number of nitrogens with one attached hydrogen (secondary N) is 1. The van der Waals surface area contributed by atoms with Crippen LogP contribution in [0.4, 0.5) is 0 Å². The first-order valence-corrected chi connectivity index (χ1v) is 5.76. The summed E-state index contributed by atoms with van der Waals surface area (Å²) in [6.07, 6.45) is -0.208. The second-order valence-corrected chi connectivity index (χ2v) is 4.56. The number of aromatic nitrogens is 1. The van der Waals surface area contributed by atoms with E-state index in [4.69, 9.17) is 5.11 Å². The van der Waals surface area contributed by atoms with Gasteiger partial charge in [0.1, 0.15) is 0 Å². The summed E-state index contributed by atoms with van der Waals surface area (Å²) in [4.78, 5) is 35.6. The fourth-order valence-corrected chi connectivity index (χ4v) is 2.26. The van der Waals surface area contributed by atoms with Crippen molar-refractivity contribution in [3.63, 3.8) is 0 Å². The average Bonchev–Trinajstić information content (AvgIpc) is 2.64. The molecule has 1 aromatic carbocycles. The second kappa shape index (κ2) is 4.50. The van der Waals surface area contributed by atoms with Crippen LogP contribution in [0.2, 0.25) is 0 Å². The van der Waals surface area contributed by atoms with Crippen LogP contribution in [0.5, 0.6) is 0 Å². The van der Waals surface area contributed by atoms with Gasteiger partial charge in [-0.3, -0.25) is 14.4 Å². The lowest BCUT2D eigenvalue weighted by Gasteiger charge is -1.98. The fourth-order valence-electron chi connectivity index (χ4n) is 1.48. The Labute approximate surface area is 99.7 Å². The molecule has 0 saturated heterocycles. The minimum atomic E-state index is -0.995. The molecule has 0 atom stereocenters. The number of aromatic amines is 1. The van der Waals surface area contributed by atoms with Gasteiger partial charge in [-0.15, -0.1) is 0 Å². The van der Waals surface area contributed by atoms with Crippen LogP contribution in [-0.4, -0.2) is 21.8 Å². The normalized spacial score (nSPS) is 10.6. The molecule has 0 aliphatic heterocycles. The Morgan fingerprint density at radius 2 is 2.06 bits per heavy atom. The molecule has 0 fully saturated rings. The third kappa shape index (κ3) is 2.59. The van der Waals surface area contributed by atoms with Gasteiger partial charge in [0.05, 0.1) is 16.6 Å². The molecule has 0 spiro atoms. The summed E-state index contributed by atoms with van der Waals surface area (Å²) in [6.45, 7) is 0. The van der Waals surface area contributed by atoms with E-state index in [-0.39, 0.29) is 23.5 Å². The van der Waals surface area contributed by atoms with E-state index in [1.54, 1.807) is 18.2 Å². The SMILES string of the molecule is O=C(O)CCC(=O)c1ccc2[nH]c(=O)sc2c1. The number of hydrogen-bond donors (Lipinski definition) is 2. The van der Waals surface area contributed by atoms with Crippen LogP contribution < -0.4 is 4.87 Å². The van der Waals surface area contributed by atoms with E-state index in [1.807, 2.05) is 0 Å². The highest BCUT2D eigenvalue weighted by atomic mass is 32.1. The number of benzene rings is 1. The largest absolute Gasteiger partial charge is 0.481 e. The summed E-state index contributed by atoms with van der Waals surface area (Å²) in [6, 6.07) is 4.86. The molecule has 0 bridgehead atoms. The number of thiazole rings is 1. The minimum Gasteiger partial charge on any atom is -0.481 e. The Morgan fingerprint density at radius 1 is 1.29 bits per heavy atom. The number of rotatable bonds is 4. The molecule has 0 amide bonds. The van der Waals surface area contributed by atoms with Crippen LogP contribution in [0.3, 0.4) is 0 Å². The van der Waals surface area contributed by atoms with Gasteiger partial charge in [0.15, 0.2) is 5.78 Å². The monoisotopic (exact) mass is 251 g/mol. The molecule has 1 aromatic heterocycles. The maximum absolute atomic E-state index is 11.7. The molecule has 17 heavy (non-hydrogen) atoms. The molecule has 0 unspecified atom stereocenters. The molecule has 2 N–H and O–H groups in total. The first kappa shape index (κ1) is 11.5. The predicted molar refractivity (Wildman–Crippen MR) is 63.6 cm³/mol. The zero-order valence-electron chi connectivity index (χ0n) is 8.73. The van der Waals surface area contributed by atoms with Gasteiger partial charge in [0.2, 0.25) is 0 Å². The molecule has 1 heterocycles. The minimum absolute atomic E-state index is 0.0276. The van der Waals surface area contributed by atoms with Gasteiger partial charge >= 0.3 is 10.8 Å². The van der Waals surface area contributed by atoms with Gasteiger partial charge in [0.25, 0.3) is 0 Å². The highest BCUT2D eigenvalue weighted by molar-refractivity contribution is 7.16. The number of aliphatic carboxylic acids is 1. The molecule has 0 aliphatic rings. The molecule has 0 aliphatic carbocycles. The number of carbonyl (C=O) groups excluding carboxylic acids is 1. The van der Waals surface area contributed by atoms with Crippen LogP contribution in [0.1, 0.15) is 23.2 Å². The number of carboxylic acid groups (broad SMARTS) is 1. The first-order valence-electron chi connectivity index (χ1n) is 4.94. The Kier molecular flexibility index (Phi) is 3.06. The van der Waals surface area contributed by atoms with Crippen molar-refractivity contribution in [3.8, 4) is 0 Å². The lowest BCUT2D eigenvalue weighted by atomic mass is 10.1. The summed E-state index contributed by atoms with van der Waals surface area (Å²) in [5.41, 5.74) is 1.13. The average molecular weight is 251 g/mol. The van der Waals surface area contributed by atoms with Crippen LogP contribution in [-0.2, 0) is 4.79 Å². The number of H-pyrrole nitrogens is 1. The van der Waals surface area contributed by atoms with E-state index in [1.165, 1.54) is 0 Å². The van der Waals surface area contributed by atoms with Crippen molar-refractivity contribution in [2.75, 3.05) is 0 Å². The summed E-state index contributed by atoms with van der Waals surface area (Å²) in [5.74, 6) is -1.22. The summed E-state index contributed by atoms with van der Waals surface area (Å²) in [5, 5.41) is 8.49. The molecular weight excluding hydrogens is 242 g/mol. The van der Waals surface area contributed by atoms with Crippen molar-refractivity contribution in [1.29, 1.82) is 0 Å². The Balaban J connectivity index is 2.26. The third-order valence-corrected chi connectivity index (χ3v) is 3.15. The van der Waals surface area contributed by atoms with E-state index in [0.29, 0.717) is 15.8 Å². The van der Waals surface area contributed by atoms with Crippen LogP contribution >= 0.6 is 11.3 Å². The topological polar surface area (TPSA) is 87.2 Å². The number of Topliss-reactive ketones (excluding diaryl/α,β-unsaturated/α-hetero) is 1. The molecule has 0 radical (unpaired) electrons. The van der Waals surface area contributed by atoms with Crippen molar-refractivity contribution >= 4 is 33.3 Å². The van der Waals surface area contributed by atoms with E-state index in [9.17, 15) is 14.4 Å². The van der Waals surface area contributed by atoms with Gasteiger partial charge in [-0.1, -0.05) is 11.3 Å². The van der Waals surface area contributed by atoms with Crippen LogP contribution in [0, 0.1) is 0 Å². The molecule has 88 valence electrons. The zero-order chi connectivity index (χ0) is 12.4. The highest BCUT2D eigenvalue weighted by Crippen LogP contribution is 2.17. The second-order valence-electron chi connectivity index (χ2n) is 3.54. The Bertz CT molecular complexity index is 640. The van der Waals surface area contributed by atoms with E-state index >= 15 is 0 Å². The van der Waals surface area contributed by atoms with E-state index < -0.39 is 5.97 Å². The maximum Gasteiger partial charge on any atom is 0.305 e. The van der Waals surface area contributed by atoms with Crippen LogP contribution in [0.15, 0.2) is 23.0 Å². The number of ketones is 1. The van der Waals surface area contributed by atoms with Crippen molar-refractivity contribution in [1.82, 2.24) is 4.98 Å². The number of carbonyl (C=O) groups is 2. The highest BCUT2D eigenvalue weighted by Gasteiger charge is 2.10. The predicted octanol–water partition coefficient (Wildman–Crippen LogP) is 1.64. The van der Waals surface area contributed by atoms with Gasteiger partial charge in [-0.2, -0.15) is 0 Å². The number of carboxylic acids is 1. The van der Waals surface area contributed by atoms with Gasteiger partial charge in [0, 0.05) is 12.0 Å².